The number of nitrogens with one attached hydrogen (secondary N) is 2. The highest BCUT2D eigenvalue weighted by Crippen LogP contribution is 2.20. The zero-order chi connectivity index (χ0) is 16.2. The van der Waals surface area contributed by atoms with Gasteiger partial charge in [-0.1, -0.05) is 0 Å². The van der Waals surface area contributed by atoms with Crippen LogP contribution in [0.3, 0.4) is 0 Å². The molecule has 6 heteroatoms. The van der Waals surface area contributed by atoms with Gasteiger partial charge in [0, 0.05) is 31.4 Å². The number of anilines is 1. The topological polar surface area (TPSA) is 66.5 Å². The molecule has 0 unspecified atom stereocenters. The zero-order valence-electron chi connectivity index (χ0n) is 13.8. The van der Waals surface area contributed by atoms with E-state index in [1.807, 2.05) is 6.07 Å². The van der Waals surface area contributed by atoms with Crippen LogP contribution in [-0.2, 0) is 4.74 Å². The van der Waals surface area contributed by atoms with Gasteiger partial charge in [0.05, 0.1) is 24.1 Å². The standard InChI is InChI=1S/C16H26N4O2/c1-12-9-20(10-13(2)22-12)16(3,4)11-18-15(21)19-14-6-5-7-17-8-14/h5-8,12-13H,9-11H2,1-4H3,(H2,18,19,21)/t12-,13-/m1/s1. The molecule has 6 nitrogen and oxygen atoms in total. The Hall–Kier alpha value is -1.66. The molecule has 0 bridgehead atoms. The second kappa shape index (κ2) is 7.07. The van der Waals surface area contributed by atoms with Crippen molar-refractivity contribution >= 4 is 11.7 Å². The van der Waals surface area contributed by atoms with E-state index in [0.717, 1.165) is 13.1 Å². The van der Waals surface area contributed by atoms with E-state index in [1.54, 1.807) is 18.5 Å². The first-order chi connectivity index (χ1) is 10.4. The van der Waals surface area contributed by atoms with Crippen LogP contribution in [0.25, 0.3) is 0 Å². The maximum atomic E-state index is 12.0. The Bertz CT molecular complexity index is 482. The van der Waals surface area contributed by atoms with Gasteiger partial charge in [0.2, 0.25) is 0 Å². The molecule has 0 spiro atoms. The molecule has 0 radical (unpaired) electrons. The van der Waals surface area contributed by atoms with Gasteiger partial charge in [0.25, 0.3) is 0 Å². The summed E-state index contributed by atoms with van der Waals surface area (Å²) in [5.74, 6) is 0. The number of ether oxygens (including phenoxy) is 1. The van der Waals surface area contributed by atoms with Crippen molar-refractivity contribution in [2.75, 3.05) is 25.0 Å². The van der Waals surface area contributed by atoms with E-state index < -0.39 is 0 Å². The minimum Gasteiger partial charge on any atom is -0.373 e. The average Bonchev–Trinajstić information content (AvgIpc) is 2.45. The molecule has 22 heavy (non-hydrogen) atoms. The lowest BCUT2D eigenvalue weighted by atomic mass is 10.00. The number of hydrogen-bond donors (Lipinski definition) is 2. The predicted octanol–water partition coefficient (Wildman–Crippen LogP) is 2.09. The number of carbonyl (C=O) groups excluding carboxylic acids is 1. The fraction of sp³-hybridized carbons (Fsp3) is 0.625. The molecule has 2 N–H and O–H groups in total. The highest BCUT2D eigenvalue weighted by molar-refractivity contribution is 5.88. The van der Waals surface area contributed by atoms with E-state index in [9.17, 15) is 4.79 Å². The maximum absolute atomic E-state index is 12.0. The lowest BCUT2D eigenvalue weighted by molar-refractivity contribution is -0.0947. The normalized spacial score (nSPS) is 23.1. The largest absolute Gasteiger partial charge is 0.373 e. The van der Waals surface area contributed by atoms with E-state index in [0.29, 0.717) is 12.2 Å². The minimum atomic E-state index is -0.213. The number of aromatic nitrogens is 1. The summed E-state index contributed by atoms with van der Waals surface area (Å²) in [7, 11) is 0. The van der Waals surface area contributed by atoms with Crippen LogP contribution >= 0.6 is 0 Å². The van der Waals surface area contributed by atoms with Crippen molar-refractivity contribution in [2.24, 2.45) is 0 Å². The second-order valence-electron chi connectivity index (χ2n) is 6.52. The number of hydrogen-bond acceptors (Lipinski definition) is 4. The number of pyridine rings is 1. The third-order valence-corrected chi connectivity index (χ3v) is 3.88. The summed E-state index contributed by atoms with van der Waals surface area (Å²) < 4.78 is 5.77. The minimum absolute atomic E-state index is 0.126. The molecule has 1 fully saturated rings. The van der Waals surface area contributed by atoms with E-state index >= 15 is 0 Å². The molecule has 0 saturated carbocycles. The molecule has 122 valence electrons. The number of amides is 2. The molecular weight excluding hydrogens is 280 g/mol. The van der Waals surface area contributed by atoms with Crippen LogP contribution in [0.2, 0.25) is 0 Å². The Morgan fingerprint density at radius 2 is 2.09 bits per heavy atom. The quantitative estimate of drug-likeness (QED) is 0.894. The zero-order valence-corrected chi connectivity index (χ0v) is 13.8. The van der Waals surface area contributed by atoms with Gasteiger partial charge >= 0.3 is 6.03 Å². The number of nitrogens with zero attached hydrogens (tertiary/aromatic N) is 2. The van der Waals surface area contributed by atoms with Crippen LogP contribution < -0.4 is 10.6 Å². The van der Waals surface area contributed by atoms with Crippen molar-refractivity contribution in [3.8, 4) is 0 Å². The first kappa shape index (κ1) is 16.7. The number of carbonyl (C=O) groups is 1. The highest BCUT2D eigenvalue weighted by atomic mass is 16.5. The summed E-state index contributed by atoms with van der Waals surface area (Å²) in [6.07, 6.45) is 3.72. The van der Waals surface area contributed by atoms with Gasteiger partial charge in [-0.05, 0) is 39.8 Å². The third kappa shape index (κ3) is 4.68. The van der Waals surface area contributed by atoms with E-state index in [-0.39, 0.29) is 23.8 Å². The summed E-state index contributed by atoms with van der Waals surface area (Å²) in [4.78, 5) is 18.3. The van der Waals surface area contributed by atoms with Crippen molar-refractivity contribution in [2.45, 2.75) is 45.4 Å². The fourth-order valence-corrected chi connectivity index (χ4v) is 2.69. The average molecular weight is 306 g/mol. The van der Waals surface area contributed by atoms with Gasteiger partial charge in [-0.2, -0.15) is 0 Å². The lowest BCUT2D eigenvalue weighted by Gasteiger charge is -2.45. The van der Waals surface area contributed by atoms with Crippen LogP contribution in [0, 0.1) is 0 Å². The van der Waals surface area contributed by atoms with Crippen LogP contribution in [0.1, 0.15) is 27.7 Å². The van der Waals surface area contributed by atoms with Crippen LogP contribution in [-0.4, -0.2) is 53.3 Å². The van der Waals surface area contributed by atoms with E-state index in [2.05, 4.69) is 48.2 Å². The SMILES string of the molecule is C[C@@H]1CN(C(C)(C)CNC(=O)Nc2cccnc2)C[C@@H](C)O1. The summed E-state index contributed by atoms with van der Waals surface area (Å²) >= 11 is 0. The van der Waals surface area contributed by atoms with Crippen molar-refractivity contribution in [1.29, 1.82) is 0 Å². The molecule has 0 aromatic carbocycles. The Morgan fingerprint density at radius 1 is 1.41 bits per heavy atom. The summed E-state index contributed by atoms with van der Waals surface area (Å²) in [5.41, 5.74) is 0.560. The molecule has 1 aromatic rings. The molecule has 0 aliphatic carbocycles. The first-order valence-corrected chi connectivity index (χ1v) is 7.72. The Kier molecular flexibility index (Phi) is 5.37. The third-order valence-electron chi connectivity index (χ3n) is 3.88. The van der Waals surface area contributed by atoms with Crippen molar-refractivity contribution in [3.63, 3.8) is 0 Å². The lowest BCUT2D eigenvalue weighted by Crippen LogP contribution is -2.58. The van der Waals surface area contributed by atoms with E-state index in [1.165, 1.54) is 0 Å². The number of morpholine rings is 1. The molecular formula is C16H26N4O2. The molecule has 2 rings (SSSR count). The fourth-order valence-electron chi connectivity index (χ4n) is 2.69. The molecule has 2 atom stereocenters. The first-order valence-electron chi connectivity index (χ1n) is 7.72. The Labute approximate surface area is 132 Å². The van der Waals surface area contributed by atoms with E-state index in [4.69, 9.17) is 4.74 Å². The van der Waals surface area contributed by atoms with Gasteiger partial charge in [-0.3, -0.25) is 9.88 Å². The maximum Gasteiger partial charge on any atom is 0.319 e. The van der Waals surface area contributed by atoms with Crippen molar-refractivity contribution < 1.29 is 9.53 Å². The Balaban J connectivity index is 1.85. The smallest absolute Gasteiger partial charge is 0.319 e. The van der Waals surface area contributed by atoms with Crippen molar-refractivity contribution in [3.05, 3.63) is 24.5 Å². The molecule has 1 saturated heterocycles. The molecule has 2 amide bonds. The van der Waals surface area contributed by atoms with Crippen molar-refractivity contribution in [1.82, 2.24) is 15.2 Å². The molecule has 2 heterocycles. The second-order valence-corrected chi connectivity index (χ2v) is 6.52. The van der Waals surface area contributed by atoms with Gasteiger partial charge in [-0.15, -0.1) is 0 Å². The van der Waals surface area contributed by atoms with Gasteiger partial charge in [0.1, 0.15) is 0 Å². The predicted molar refractivity (Wildman–Crippen MR) is 86.9 cm³/mol. The van der Waals surface area contributed by atoms with Crippen LogP contribution in [0.4, 0.5) is 10.5 Å². The van der Waals surface area contributed by atoms with Gasteiger partial charge in [-0.25, -0.2) is 4.79 Å². The molecule has 1 aliphatic heterocycles. The number of urea groups is 1. The summed E-state index contributed by atoms with van der Waals surface area (Å²) in [5, 5.41) is 5.72. The number of rotatable bonds is 4. The monoisotopic (exact) mass is 306 g/mol. The molecule has 1 aromatic heterocycles. The highest BCUT2D eigenvalue weighted by Gasteiger charge is 2.33. The Morgan fingerprint density at radius 3 is 2.68 bits per heavy atom. The van der Waals surface area contributed by atoms with Crippen LogP contribution in [0.15, 0.2) is 24.5 Å². The van der Waals surface area contributed by atoms with Gasteiger partial charge in [0.15, 0.2) is 0 Å². The van der Waals surface area contributed by atoms with Crippen LogP contribution in [0.5, 0.6) is 0 Å². The summed E-state index contributed by atoms with van der Waals surface area (Å²) in [6, 6.07) is 3.38. The summed E-state index contributed by atoms with van der Waals surface area (Å²) in [6.45, 7) is 10.8. The molecule has 1 aliphatic rings. The van der Waals surface area contributed by atoms with Gasteiger partial charge < -0.3 is 15.4 Å².